The Kier molecular flexibility index (Phi) is 9.56. The number of hydrogen-bond donors (Lipinski definition) is 2. The maximum atomic E-state index is 6.16. The van der Waals surface area contributed by atoms with Crippen LogP contribution in [-0.4, -0.2) is 19.6 Å². The molecular weight excluding hydrogens is 437 g/mol. The molecule has 0 heterocycles. The fourth-order valence-electron chi connectivity index (χ4n) is 2.14. The van der Waals surface area contributed by atoms with Crippen molar-refractivity contribution in [3.63, 3.8) is 0 Å². The molecule has 24 heavy (non-hydrogen) atoms. The molecular formula is C18H23ClIN3O. The summed E-state index contributed by atoms with van der Waals surface area (Å²) in [6.45, 7) is 3.94. The maximum absolute atomic E-state index is 6.16. The molecule has 0 aliphatic rings. The summed E-state index contributed by atoms with van der Waals surface area (Å²) in [5.41, 5.74) is 2.17. The van der Waals surface area contributed by atoms with Gasteiger partial charge in [-0.2, -0.15) is 0 Å². The highest BCUT2D eigenvalue weighted by atomic mass is 127. The number of ether oxygens (including phenoxy) is 1. The van der Waals surface area contributed by atoms with E-state index in [4.69, 9.17) is 16.3 Å². The molecule has 0 bridgehead atoms. The molecule has 2 rings (SSSR count). The third kappa shape index (κ3) is 6.57. The third-order valence-electron chi connectivity index (χ3n) is 3.30. The van der Waals surface area contributed by atoms with Gasteiger partial charge in [-0.1, -0.05) is 41.9 Å². The van der Waals surface area contributed by atoms with E-state index in [9.17, 15) is 0 Å². The topological polar surface area (TPSA) is 45.6 Å². The number of hydrogen-bond acceptors (Lipinski definition) is 2. The summed E-state index contributed by atoms with van der Waals surface area (Å²) in [5, 5.41) is 7.29. The van der Waals surface area contributed by atoms with Gasteiger partial charge in [-0.15, -0.1) is 24.0 Å². The van der Waals surface area contributed by atoms with Crippen molar-refractivity contribution in [2.24, 2.45) is 4.99 Å². The van der Waals surface area contributed by atoms with Gasteiger partial charge in [-0.25, -0.2) is 0 Å². The van der Waals surface area contributed by atoms with Crippen molar-refractivity contribution >= 4 is 41.5 Å². The summed E-state index contributed by atoms with van der Waals surface area (Å²) in [7, 11) is 1.75. The minimum atomic E-state index is 0. The van der Waals surface area contributed by atoms with Gasteiger partial charge in [0.1, 0.15) is 5.75 Å². The first-order valence-corrected chi connectivity index (χ1v) is 8.00. The molecule has 6 heteroatoms. The van der Waals surface area contributed by atoms with Crippen LogP contribution in [-0.2, 0) is 13.1 Å². The van der Waals surface area contributed by atoms with Gasteiger partial charge in [0.15, 0.2) is 5.96 Å². The van der Waals surface area contributed by atoms with Gasteiger partial charge in [0.05, 0.1) is 6.61 Å². The molecule has 0 amide bonds. The highest BCUT2D eigenvalue weighted by molar-refractivity contribution is 14.0. The molecule has 0 unspecified atom stereocenters. The average molecular weight is 460 g/mol. The number of nitrogens with zero attached hydrogens (tertiary/aromatic N) is 1. The zero-order chi connectivity index (χ0) is 16.5. The minimum absolute atomic E-state index is 0. The van der Waals surface area contributed by atoms with Crippen LogP contribution in [0.3, 0.4) is 0 Å². The lowest BCUT2D eigenvalue weighted by molar-refractivity contribution is 0.340. The molecule has 2 N–H and O–H groups in total. The van der Waals surface area contributed by atoms with Crippen LogP contribution in [0.1, 0.15) is 18.1 Å². The average Bonchev–Trinajstić information content (AvgIpc) is 2.57. The second-order valence-electron chi connectivity index (χ2n) is 4.95. The van der Waals surface area contributed by atoms with Gasteiger partial charge in [0.25, 0.3) is 0 Å². The lowest BCUT2D eigenvalue weighted by Gasteiger charge is -2.13. The number of halogens is 2. The molecule has 0 saturated heterocycles. The van der Waals surface area contributed by atoms with Gasteiger partial charge in [0.2, 0.25) is 0 Å². The summed E-state index contributed by atoms with van der Waals surface area (Å²) in [6.07, 6.45) is 0. The molecule has 0 aliphatic carbocycles. The maximum Gasteiger partial charge on any atom is 0.191 e. The molecule has 0 saturated carbocycles. The molecule has 2 aromatic carbocycles. The zero-order valence-corrected chi connectivity index (χ0v) is 17.0. The SMILES string of the molecule is CCOc1cccc(CNC(=NC)NCc2ccccc2Cl)c1.I. The van der Waals surface area contributed by atoms with Crippen LogP contribution in [0.25, 0.3) is 0 Å². The van der Waals surface area contributed by atoms with Crippen LogP contribution in [0.2, 0.25) is 5.02 Å². The summed E-state index contributed by atoms with van der Waals surface area (Å²) >= 11 is 6.16. The van der Waals surface area contributed by atoms with E-state index in [-0.39, 0.29) is 24.0 Å². The third-order valence-corrected chi connectivity index (χ3v) is 3.67. The van der Waals surface area contributed by atoms with E-state index < -0.39 is 0 Å². The Morgan fingerprint density at radius 3 is 2.54 bits per heavy atom. The largest absolute Gasteiger partial charge is 0.494 e. The molecule has 0 atom stereocenters. The molecule has 2 aromatic rings. The molecule has 0 radical (unpaired) electrons. The van der Waals surface area contributed by atoms with E-state index in [1.165, 1.54) is 0 Å². The summed E-state index contributed by atoms with van der Waals surface area (Å²) in [5.74, 6) is 1.61. The van der Waals surface area contributed by atoms with Crippen molar-refractivity contribution in [2.45, 2.75) is 20.0 Å². The van der Waals surface area contributed by atoms with Crippen molar-refractivity contribution in [1.82, 2.24) is 10.6 Å². The fraction of sp³-hybridized carbons (Fsp3) is 0.278. The zero-order valence-electron chi connectivity index (χ0n) is 13.9. The van der Waals surface area contributed by atoms with E-state index in [0.29, 0.717) is 19.7 Å². The highest BCUT2D eigenvalue weighted by Gasteiger charge is 2.02. The lowest BCUT2D eigenvalue weighted by Crippen LogP contribution is -2.36. The van der Waals surface area contributed by atoms with Gasteiger partial charge in [-0.05, 0) is 36.2 Å². The van der Waals surface area contributed by atoms with Crippen molar-refractivity contribution in [3.8, 4) is 5.75 Å². The van der Waals surface area contributed by atoms with Gasteiger partial charge >= 0.3 is 0 Å². The highest BCUT2D eigenvalue weighted by Crippen LogP contribution is 2.14. The number of guanidine groups is 1. The Balaban J connectivity index is 0.00000288. The molecule has 0 aliphatic heterocycles. The summed E-state index contributed by atoms with van der Waals surface area (Å²) in [6, 6.07) is 15.8. The lowest BCUT2D eigenvalue weighted by atomic mass is 10.2. The van der Waals surface area contributed by atoms with Crippen molar-refractivity contribution in [1.29, 1.82) is 0 Å². The van der Waals surface area contributed by atoms with E-state index in [0.717, 1.165) is 27.9 Å². The quantitative estimate of drug-likeness (QED) is 0.386. The monoisotopic (exact) mass is 459 g/mol. The van der Waals surface area contributed by atoms with Crippen LogP contribution < -0.4 is 15.4 Å². The van der Waals surface area contributed by atoms with Gasteiger partial charge in [0, 0.05) is 25.2 Å². The first-order valence-electron chi connectivity index (χ1n) is 7.62. The normalized spacial score (nSPS) is 10.7. The summed E-state index contributed by atoms with van der Waals surface area (Å²) in [4.78, 5) is 4.23. The van der Waals surface area contributed by atoms with Crippen LogP contribution >= 0.6 is 35.6 Å². The Bertz CT molecular complexity index is 664. The Morgan fingerprint density at radius 2 is 1.83 bits per heavy atom. The number of rotatable bonds is 6. The molecule has 0 spiro atoms. The molecule has 0 aromatic heterocycles. The first kappa shape index (κ1) is 20.6. The second-order valence-corrected chi connectivity index (χ2v) is 5.36. The van der Waals surface area contributed by atoms with Crippen LogP contribution in [0, 0.1) is 0 Å². The van der Waals surface area contributed by atoms with Crippen LogP contribution in [0.4, 0.5) is 0 Å². The Hall–Kier alpha value is -1.47. The van der Waals surface area contributed by atoms with Gasteiger partial charge < -0.3 is 15.4 Å². The van der Waals surface area contributed by atoms with E-state index in [2.05, 4.69) is 21.7 Å². The predicted octanol–water partition coefficient (Wildman–Crippen LogP) is 4.22. The predicted molar refractivity (Wildman–Crippen MR) is 112 cm³/mol. The summed E-state index contributed by atoms with van der Waals surface area (Å²) < 4.78 is 5.51. The van der Waals surface area contributed by atoms with Crippen LogP contribution in [0.5, 0.6) is 5.75 Å². The standard InChI is InChI=1S/C18H22ClN3O.HI/c1-3-23-16-9-6-7-14(11-16)12-21-18(20-2)22-13-15-8-4-5-10-17(15)19;/h4-11H,3,12-13H2,1-2H3,(H2,20,21,22);1H. The fourth-order valence-corrected chi connectivity index (χ4v) is 2.34. The van der Waals surface area contributed by atoms with Crippen molar-refractivity contribution in [3.05, 3.63) is 64.7 Å². The van der Waals surface area contributed by atoms with E-state index >= 15 is 0 Å². The van der Waals surface area contributed by atoms with E-state index in [1.54, 1.807) is 7.05 Å². The Morgan fingerprint density at radius 1 is 1.08 bits per heavy atom. The number of benzene rings is 2. The Labute approximate surface area is 165 Å². The van der Waals surface area contributed by atoms with Gasteiger partial charge in [-0.3, -0.25) is 4.99 Å². The van der Waals surface area contributed by atoms with Crippen LogP contribution in [0.15, 0.2) is 53.5 Å². The molecule has 0 fully saturated rings. The molecule has 4 nitrogen and oxygen atoms in total. The minimum Gasteiger partial charge on any atom is -0.494 e. The first-order chi connectivity index (χ1) is 11.2. The van der Waals surface area contributed by atoms with Crippen molar-refractivity contribution in [2.75, 3.05) is 13.7 Å². The second kappa shape index (κ2) is 11.1. The molecule has 130 valence electrons. The smallest absolute Gasteiger partial charge is 0.191 e. The van der Waals surface area contributed by atoms with E-state index in [1.807, 2.05) is 49.4 Å². The number of nitrogens with one attached hydrogen (secondary N) is 2. The van der Waals surface area contributed by atoms with Crippen molar-refractivity contribution < 1.29 is 4.74 Å². The number of aliphatic imine (C=N–C) groups is 1.